The minimum Gasteiger partial charge on any atom is -0.475 e. The Morgan fingerprint density at radius 1 is 0.500 bits per heavy atom. The van der Waals surface area contributed by atoms with Gasteiger partial charge in [0.05, 0.1) is 0 Å². The molecule has 3 heteroatoms. The van der Waals surface area contributed by atoms with Crippen molar-refractivity contribution in [1.29, 1.82) is 0 Å². The second-order valence-corrected chi connectivity index (χ2v) is 24.4. The first-order valence-electron chi connectivity index (χ1n) is 23.0. The predicted octanol–water partition coefficient (Wildman–Crippen LogP) is 13.6. The number of aryl methyl sites for hydroxylation is 2. The summed E-state index contributed by atoms with van der Waals surface area (Å²) >= 11 is 0. The van der Waals surface area contributed by atoms with Gasteiger partial charge in [-0.25, -0.2) is 4.99 Å². The number of rotatable bonds is 6. The van der Waals surface area contributed by atoms with Gasteiger partial charge in [0.15, 0.2) is 0 Å². The smallest absolute Gasteiger partial charge is 0.217 e. The Bertz CT molecular complexity index is 2280. The lowest BCUT2D eigenvalue weighted by Crippen LogP contribution is -2.30. The average molecular weight is 816 g/mol. The standard InChI is InChI=1S/C57H70NOP/c1-54(2,3)40-30-41(55(4,5)6)33-44(32-40)60(45-34-42(56(7,8)9)31-43(35-45)57(10,11)12)50-29-27-38-21-17-19-25-47(38)52(50)51-46-24-18-16-20-37(46)26-28-48(51)53-58-49(36-59-53)39-22-14-13-15-23-39/h13-15,22-23,26-35,49H,16-21,24-25,36H2,1-12H3/t49-/m1/s1. The first-order chi connectivity index (χ1) is 28.3. The highest BCUT2D eigenvalue weighted by Crippen LogP contribution is 2.47. The van der Waals surface area contributed by atoms with Crippen molar-refractivity contribution in [2.45, 2.75) is 162 Å². The van der Waals surface area contributed by atoms with E-state index in [0.717, 1.165) is 31.6 Å². The van der Waals surface area contributed by atoms with E-state index in [2.05, 4.69) is 174 Å². The van der Waals surface area contributed by atoms with Gasteiger partial charge in [-0.1, -0.05) is 168 Å². The topological polar surface area (TPSA) is 21.6 Å². The molecule has 2 aliphatic carbocycles. The van der Waals surface area contributed by atoms with E-state index in [9.17, 15) is 0 Å². The number of benzene rings is 5. The predicted molar refractivity (Wildman–Crippen MR) is 260 cm³/mol. The molecule has 0 aromatic heterocycles. The van der Waals surface area contributed by atoms with E-state index in [1.165, 1.54) is 103 Å². The normalized spacial score (nSPS) is 17.3. The summed E-state index contributed by atoms with van der Waals surface area (Å²) in [5, 5.41) is 4.39. The van der Waals surface area contributed by atoms with Gasteiger partial charge in [-0.3, -0.25) is 0 Å². The zero-order chi connectivity index (χ0) is 42.8. The van der Waals surface area contributed by atoms with Crippen LogP contribution in [0.15, 0.2) is 96.0 Å². The molecule has 0 radical (unpaired) electrons. The van der Waals surface area contributed by atoms with Crippen LogP contribution >= 0.6 is 7.92 Å². The van der Waals surface area contributed by atoms with E-state index in [4.69, 9.17) is 9.73 Å². The van der Waals surface area contributed by atoms with Gasteiger partial charge in [0.2, 0.25) is 5.90 Å². The van der Waals surface area contributed by atoms with E-state index in [0.29, 0.717) is 6.61 Å². The molecular formula is C57H70NOP. The average Bonchev–Trinajstić information content (AvgIpc) is 3.70. The van der Waals surface area contributed by atoms with Crippen LogP contribution in [-0.2, 0) is 52.1 Å². The van der Waals surface area contributed by atoms with Gasteiger partial charge in [-0.2, -0.15) is 0 Å². The molecule has 0 bridgehead atoms. The SMILES string of the molecule is CC(C)(C)c1cc(P(c2cc(C(C)(C)C)cc(C(C)(C)C)c2)c2ccc3c(c2-c2c(C4=N[C@@H](c5ccccc5)CO4)ccc4c2CCCC4)CCCC3)cc(C(C)(C)C)c1. The molecule has 0 saturated carbocycles. The van der Waals surface area contributed by atoms with Crippen molar-refractivity contribution in [3.8, 4) is 11.1 Å². The van der Waals surface area contributed by atoms with Gasteiger partial charge in [-0.05, 0) is 164 Å². The van der Waals surface area contributed by atoms with Crippen LogP contribution in [0.4, 0.5) is 0 Å². The molecule has 5 aromatic carbocycles. The van der Waals surface area contributed by atoms with E-state index in [1.54, 1.807) is 5.56 Å². The summed E-state index contributed by atoms with van der Waals surface area (Å²) in [7, 11) is -1.02. The van der Waals surface area contributed by atoms with E-state index in [1.807, 2.05) is 0 Å². The fourth-order valence-electron chi connectivity index (χ4n) is 9.58. The number of fused-ring (bicyclic) bond motifs is 2. The highest BCUT2D eigenvalue weighted by molar-refractivity contribution is 7.80. The Hall–Kier alpha value is -4.00. The van der Waals surface area contributed by atoms with Crippen LogP contribution in [0, 0.1) is 0 Å². The molecule has 1 atom stereocenters. The maximum absolute atomic E-state index is 6.74. The summed E-state index contributed by atoms with van der Waals surface area (Å²) in [6.45, 7) is 29.2. The summed E-state index contributed by atoms with van der Waals surface area (Å²) in [6.07, 6.45) is 9.41. The van der Waals surface area contributed by atoms with Gasteiger partial charge in [0.1, 0.15) is 12.6 Å². The molecular weight excluding hydrogens is 746 g/mol. The fourth-order valence-corrected chi connectivity index (χ4v) is 12.2. The maximum Gasteiger partial charge on any atom is 0.217 e. The largest absolute Gasteiger partial charge is 0.475 e. The highest BCUT2D eigenvalue weighted by atomic mass is 31.1. The van der Waals surface area contributed by atoms with Crippen molar-refractivity contribution in [2.75, 3.05) is 6.61 Å². The molecule has 8 rings (SSSR count). The van der Waals surface area contributed by atoms with E-state index in [-0.39, 0.29) is 27.7 Å². The van der Waals surface area contributed by atoms with Gasteiger partial charge in [0, 0.05) is 5.56 Å². The molecule has 2 nitrogen and oxygen atoms in total. The number of aliphatic imine (C=N–C) groups is 1. The first kappa shape index (κ1) is 42.7. The molecule has 0 N–H and O–H groups in total. The van der Waals surface area contributed by atoms with Gasteiger partial charge in [0.25, 0.3) is 0 Å². The zero-order valence-corrected chi connectivity index (χ0v) is 39.8. The van der Waals surface area contributed by atoms with Gasteiger partial charge >= 0.3 is 0 Å². The molecule has 314 valence electrons. The Balaban J connectivity index is 1.50. The monoisotopic (exact) mass is 816 g/mol. The van der Waals surface area contributed by atoms with Gasteiger partial charge in [-0.15, -0.1) is 0 Å². The lowest BCUT2D eigenvalue weighted by atomic mass is 9.79. The van der Waals surface area contributed by atoms with Crippen LogP contribution < -0.4 is 15.9 Å². The molecule has 1 aliphatic heterocycles. The second kappa shape index (κ2) is 16.0. The Morgan fingerprint density at radius 2 is 0.950 bits per heavy atom. The Kier molecular flexibility index (Phi) is 11.4. The first-order valence-corrected chi connectivity index (χ1v) is 24.3. The van der Waals surface area contributed by atoms with Gasteiger partial charge < -0.3 is 4.74 Å². The van der Waals surface area contributed by atoms with Crippen molar-refractivity contribution < 1.29 is 4.74 Å². The van der Waals surface area contributed by atoms with Crippen LogP contribution in [0.25, 0.3) is 11.1 Å². The van der Waals surface area contributed by atoms with Crippen LogP contribution in [0.1, 0.15) is 170 Å². The second-order valence-electron chi connectivity index (χ2n) is 22.2. The summed E-state index contributed by atoms with van der Waals surface area (Å²) in [4.78, 5) is 5.42. The number of hydrogen-bond acceptors (Lipinski definition) is 2. The number of hydrogen-bond donors (Lipinski definition) is 0. The third kappa shape index (κ3) is 8.58. The number of nitrogens with zero attached hydrogens (tertiary/aromatic N) is 1. The van der Waals surface area contributed by atoms with E-state index < -0.39 is 7.92 Å². The number of ether oxygens (including phenoxy) is 1. The maximum atomic E-state index is 6.74. The molecule has 5 aromatic rings. The molecule has 3 aliphatic rings. The minimum absolute atomic E-state index is 0.00154. The van der Waals surface area contributed by atoms with Crippen molar-refractivity contribution in [3.63, 3.8) is 0 Å². The summed E-state index contributed by atoms with van der Waals surface area (Å²) in [5.74, 6) is 0.811. The Labute approximate surface area is 364 Å². The molecule has 60 heavy (non-hydrogen) atoms. The lowest BCUT2D eigenvalue weighted by Gasteiger charge is -2.34. The van der Waals surface area contributed by atoms with Crippen LogP contribution in [-0.4, -0.2) is 12.5 Å². The molecule has 0 amide bonds. The quantitative estimate of drug-likeness (QED) is 0.156. The highest BCUT2D eigenvalue weighted by Gasteiger charge is 2.34. The minimum atomic E-state index is -1.02. The van der Waals surface area contributed by atoms with Crippen LogP contribution in [0.3, 0.4) is 0 Å². The fraction of sp³-hybridized carbons (Fsp3) is 0.456. The van der Waals surface area contributed by atoms with Crippen molar-refractivity contribution in [3.05, 3.63) is 147 Å². The molecule has 0 fully saturated rings. The van der Waals surface area contributed by atoms with Crippen molar-refractivity contribution in [2.24, 2.45) is 4.99 Å². The Morgan fingerprint density at radius 3 is 1.43 bits per heavy atom. The third-order valence-corrected chi connectivity index (χ3v) is 15.8. The van der Waals surface area contributed by atoms with Crippen LogP contribution in [0.5, 0.6) is 0 Å². The third-order valence-electron chi connectivity index (χ3n) is 13.4. The lowest BCUT2D eigenvalue weighted by molar-refractivity contribution is 0.320. The zero-order valence-electron chi connectivity index (χ0n) is 38.9. The summed E-state index contributed by atoms with van der Waals surface area (Å²) in [5.41, 5.74) is 17.1. The summed E-state index contributed by atoms with van der Waals surface area (Å²) < 4.78 is 6.74. The van der Waals surface area contributed by atoms with Crippen molar-refractivity contribution >= 4 is 29.7 Å². The molecule has 1 heterocycles. The molecule has 0 unspecified atom stereocenters. The van der Waals surface area contributed by atoms with Crippen LogP contribution in [0.2, 0.25) is 0 Å². The molecule has 0 saturated heterocycles. The molecule has 0 spiro atoms. The van der Waals surface area contributed by atoms with E-state index >= 15 is 0 Å². The summed E-state index contributed by atoms with van der Waals surface area (Å²) in [6, 6.07) is 36.0. The van der Waals surface area contributed by atoms with Crippen molar-refractivity contribution in [1.82, 2.24) is 0 Å².